The van der Waals surface area contributed by atoms with Crippen molar-refractivity contribution in [3.8, 4) is 5.75 Å². The van der Waals surface area contributed by atoms with Crippen LogP contribution >= 0.6 is 15.9 Å². The maximum Gasteiger partial charge on any atom is 0.420 e. The van der Waals surface area contributed by atoms with E-state index in [9.17, 15) is 18.3 Å². The standard InChI is InChI=1S/C12H12BrF3N2O/c1-3-4-18(2)7-17-10-5-8(12(14,15)16)11(19)6-9(10)13/h3,5-7,19H,1,4H2,2H3. The maximum atomic E-state index is 12.6. The topological polar surface area (TPSA) is 35.8 Å². The second-order valence-corrected chi connectivity index (χ2v) is 4.65. The molecule has 0 aliphatic heterocycles. The Balaban J connectivity index is 3.12. The number of nitrogens with zero attached hydrogens (tertiary/aromatic N) is 2. The van der Waals surface area contributed by atoms with Crippen molar-refractivity contribution in [1.29, 1.82) is 0 Å². The van der Waals surface area contributed by atoms with Gasteiger partial charge in [-0.05, 0) is 28.1 Å². The number of phenols is 1. The minimum Gasteiger partial charge on any atom is -0.507 e. The minimum absolute atomic E-state index is 0.0843. The van der Waals surface area contributed by atoms with Crippen LogP contribution in [0.15, 0.2) is 34.3 Å². The number of benzene rings is 1. The van der Waals surface area contributed by atoms with E-state index < -0.39 is 17.5 Å². The third-order valence-electron chi connectivity index (χ3n) is 2.18. The second kappa shape index (κ2) is 6.10. The number of alkyl halides is 3. The van der Waals surface area contributed by atoms with Crippen molar-refractivity contribution in [2.45, 2.75) is 6.18 Å². The van der Waals surface area contributed by atoms with Gasteiger partial charge in [0.25, 0.3) is 0 Å². The lowest BCUT2D eigenvalue weighted by Gasteiger charge is -2.12. The molecule has 19 heavy (non-hydrogen) atoms. The summed E-state index contributed by atoms with van der Waals surface area (Å²) in [7, 11) is 1.71. The van der Waals surface area contributed by atoms with E-state index in [2.05, 4.69) is 27.5 Å². The molecule has 1 aromatic carbocycles. The molecular weight excluding hydrogens is 325 g/mol. The lowest BCUT2D eigenvalue weighted by atomic mass is 10.1. The third-order valence-corrected chi connectivity index (χ3v) is 2.82. The average Bonchev–Trinajstić information content (AvgIpc) is 2.26. The normalized spacial score (nSPS) is 11.8. The summed E-state index contributed by atoms with van der Waals surface area (Å²) < 4.78 is 38.2. The summed E-state index contributed by atoms with van der Waals surface area (Å²) in [5.41, 5.74) is -1.03. The Morgan fingerprint density at radius 2 is 2.11 bits per heavy atom. The molecule has 0 aliphatic rings. The monoisotopic (exact) mass is 336 g/mol. The van der Waals surface area contributed by atoms with Gasteiger partial charge in [-0.2, -0.15) is 13.2 Å². The molecule has 0 amide bonds. The van der Waals surface area contributed by atoms with Crippen LogP contribution in [0.5, 0.6) is 5.75 Å². The number of phenolic OH excluding ortho intramolecular Hbond substituents is 1. The fourth-order valence-corrected chi connectivity index (χ4v) is 1.72. The van der Waals surface area contributed by atoms with Gasteiger partial charge in [0.2, 0.25) is 0 Å². The van der Waals surface area contributed by atoms with E-state index >= 15 is 0 Å². The van der Waals surface area contributed by atoms with E-state index in [1.165, 1.54) is 6.34 Å². The first-order valence-corrected chi connectivity index (χ1v) is 6.00. The Hall–Kier alpha value is -1.50. The average molecular weight is 337 g/mol. The minimum atomic E-state index is -4.62. The molecule has 1 N–H and O–H groups in total. The molecule has 0 unspecified atom stereocenters. The van der Waals surface area contributed by atoms with Crippen LogP contribution in [-0.2, 0) is 6.18 Å². The van der Waals surface area contributed by atoms with Crippen molar-refractivity contribution < 1.29 is 18.3 Å². The highest BCUT2D eigenvalue weighted by molar-refractivity contribution is 9.10. The van der Waals surface area contributed by atoms with E-state index in [1.54, 1.807) is 18.0 Å². The van der Waals surface area contributed by atoms with Crippen LogP contribution in [0, 0.1) is 0 Å². The first-order valence-electron chi connectivity index (χ1n) is 5.20. The molecule has 1 aromatic rings. The van der Waals surface area contributed by atoms with Gasteiger partial charge in [0.15, 0.2) is 0 Å². The lowest BCUT2D eigenvalue weighted by molar-refractivity contribution is -0.138. The van der Waals surface area contributed by atoms with Gasteiger partial charge < -0.3 is 10.0 Å². The van der Waals surface area contributed by atoms with Crippen LogP contribution in [0.25, 0.3) is 0 Å². The molecule has 0 aromatic heterocycles. The Morgan fingerprint density at radius 1 is 1.47 bits per heavy atom. The molecule has 0 fully saturated rings. The third kappa shape index (κ3) is 4.27. The van der Waals surface area contributed by atoms with Gasteiger partial charge in [0.05, 0.1) is 17.6 Å². The lowest BCUT2D eigenvalue weighted by Crippen LogP contribution is -2.15. The predicted molar refractivity (Wildman–Crippen MR) is 71.8 cm³/mol. The van der Waals surface area contributed by atoms with E-state index in [0.717, 1.165) is 12.1 Å². The molecular formula is C12H12BrF3N2O. The second-order valence-electron chi connectivity index (χ2n) is 3.79. The Kier molecular flexibility index (Phi) is 4.99. The van der Waals surface area contributed by atoms with Crippen LogP contribution < -0.4 is 0 Å². The number of likely N-dealkylation sites (N-methyl/N-ethyl adjacent to an activating group) is 1. The zero-order valence-electron chi connectivity index (χ0n) is 10.1. The molecule has 0 saturated heterocycles. The van der Waals surface area contributed by atoms with Gasteiger partial charge in [0, 0.05) is 18.1 Å². The van der Waals surface area contributed by atoms with Gasteiger partial charge >= 0.3 is 6.18 Å². The highest BCUT2D eigenvalue weighted by Gasteiger charge is 2.34. The first-order chi connectivity index (χ1) is 8.75. The van der Waals surface area contributed by atoms with Crippen molar-refractivity contribution in [3.63, 3.8) is 0 Å². The highest BCUT2D eigenvalue weighted by atomic mass is 79.9. The van der Waals surface area contributed by atoms with Crippen molar-refractivity contribution in [2.24, 2.45) is 4.99 Å². The number of aromatic hydroxyl groups is 1. The number of aliphatic imine (C=N–C) groups is 1. The smallest absolute Gasteiger partial charge is 0.420 e. The summed E-state index contributed by atoms with van der Waals surface area (Å²) in [6, 6.07) is 1.76. The largest absolute Gasteiger partial charge is 0.507 e. The molecule has 7 heteroatoms. The number of halogens is 4. The fourth-order valence-electron chi connectivity index (χ4n) is 1.29. The van der Waals surface area contributed by atoms with Crippen LogP contribution in [-0.4, -0.2) is 29.9 Å². The Labute approximate surface area is 117 Å². The first kappa shape index (κ1) is 15.6. The summed E-state index contributed by atoms with van der Waals surface area (Å²) in [5.74, 6) is -0.835. The van der Waals surface area contributed by atoms with E-state index in [1.807, 2.05) is 0 Å². The molecule has 1 rings (SSSR count). The molecule has 0 saturated carbocycles. The Morgan fingerprint density at radius 3 is 2.63 bits per heavy atom. The van der Waals surface area contributed by atoms with Crippen molar-refractivity contribution >= 4 is 28.0 Å². The van der Waals surface area contributed by atoms with E-state index in [0.29, 0.717) is 6.54 Å². The molecule has 0 atom stereocenters. The fraction of sp³-hybridized carbons (Fsp3) is 0.250. The van der Waals surface area contributed by atoms with Gasteiger partial charge in [-0.25, -0.2) is 4.99 Å². The summed E-state index contributed by atoms with van der Waals surface area (Å²) in [4.78, 5) is 5.59. The Bertz CT molecular complexity index is 500. The predicted octanol–water partition coefficient (Wildman–Crippen LogP) is 3.95. The summed E-state index contributed by atoms with van der Waals surface area (Å²) in [5, 5.41) is 9.29. The SMILES string of the molecule is C=CCN(C)C=Nc1cc(C(F)(F)F)c(O)cc1Br. The van der Waals surface area contributed by atoms with Gasteiger partial charge in [-0.15, -0.1) is 6.58 Å². The van der Waals surface area contributed by atoms with Crippen LogP contribution in [0.4, 0.5) is 18.9 Å². The zero-order chi connectivity index (χ0) is 14.6. The molecule has 0 spiro atoms. The quantitative estimate of drug-likeness (QED) is 0.513. The number of hydrogen-bond acceptors (Lipinski definition) is 2. The summed E-state index contributed by atoms with van der Waals surface area (Å²) in [6.07, 6.45) is -1.60. The zero-order valence-corrected chi connectivity index (χ0v) is 11.7. The summed E-state index contributed by atoms with van der Waals surface area (Å²) in [6.45, 7) is 4.06. The molecule has 0 bridgehead atoms. The van der Waals surface area contributed by atoms with Gasteiger partial charge in [0.1, 0.15) is 5.75 Å². The molecule has 0 heterocycles. The van der Waals surface area contributed by atoms with E-state index in [-0.39, 0.29) is 10.2 Å². The van der Waals surface area contributed by atoms with E-state index in [4.69, 9.17) is 0 Å². The maximum absolute atomic E-state index is 12.6. The van der Waals surface area contributed by atoms with Crippen molar-refractivity contribution in [3.05, 3.63) is 34.8 Å². The van der Waals surface area contributed by atoms with Crippen LogP contribution in [0.1, 0.15) is 5.56 Å². The number of hydrogen-bond donors (Lipinski definition) is 1. The number of rotatable bonds is 4. The molecule has 3 nitrogen and oxygen atoms in total. The summed E-state index contributed by atoms with van der Waals surface area (Å²) >= 11 is 3.06. The molecule has 104 valence electrons. The van der Waals surface area contributed by atoms with Crippen LogP contribution in [0.3, 0.4) is 0 Å². The van der Waals surface area contributed by atoms with Crippen molar-refractivity contribution in [1.82, 2.24) is 4.90 Å². The highest BCUT2D eigenvalue weighted by Crippen LogP contribution is 2.41. The molecule has 0 radical (unpaired) electrons. The molecule has 0 aliphatic carbocycles. The van der Waals surface area contributed by atoms with Gasteiger partial charge in [-0.3, -0.25) is 0 Å². The van der Waals surface area contributed by atoms with Gasteiger partial charge in [-0.1, -0.05) is 6.08 Å². The van der Waals surface area contributed by atoms with Crippen LogP contribution in [0.2, 0.25) is 0 Å². The van der Waals surface area contributed by atoms with Crippen molar-refractivity contribution in [2.75, 3.05) is 13.6 Å².